The van der Waals surface area contributed by atoms with Gasteiger partial charge in [-0.05, 0) is 45.0 Å². The Morgan fingerprint density at radius 2 is 2.05 bits per heavy atom. The first kappa shape index (κ1) is 15.3. The third-order valence-electron chi connectivity index (χ3n) is 3.25. The van der Waals surface area contributed by atoms with Crippen LogP contribution >= 0.6 is 0 Å². The molecule has 0 saturated heterocycles. The average molecular weight is 285 g/mol. The number of benzene rings is 1. The lowest BCUT2D eigenvalue weighted by molar-refractivity contribution is 0.416. The number of nitriles is 1. The largest absolute Gasteiger partial charge is 0.346 e. The van der Waals surface area contributed by atoms with Crippen molar-refractivity contribution in [1.29, 1.82) is 5.26 Å². The molecular weight excluding hydrogens is 265 g/mol. The van der Waals surface area contributed by atoms with E-state index in [1.165, 1.54) is 6.07 Å². The molecular formula is C17H20FN3. The van der Waals surface area contributed by atoms with Crippen molar-refractivity contribution in [1.82, 2.24) is 9.88 Å². The van der Waals surface area contributed by atoms with Crippen molar-refractivity contribution in [3.8, 4) is 6.07 Å². The molecule has 21 heavy (non-hydrogen) atoms. The molecule has 1 aromatic heterocycles. The number of hydrogen-bond acceptors (Lipinski definition) is 2. The minimum atomic E-state index is -0.336. The van der Waals surface area contributed by atoms with Crippen LogP contribution in [-0.2, 0) is 13.1 Å². The van der Waals surface area contributed by atoms with Crippen molar-refractivity contribution >= 4 is 0 Å². The van der Waals surface area contributed by atoms with Gasteiger partial charge >= 0.3 is 0 Å². The highest BCUT2D eigenvalue weighted by atomic mass is 19.1. The molecule has 0 fully saturated rings. The second-order valence-corrected chi connectivity index (χ2v) is 6.15. The zero-order valence-electron chi connectivity index (χ0n) is 12.7. The van der Waals surface area contributed by atoms with E-state index in [4.69, 9.17) is 5.26 Å². The highest BCUT2D eigenvalue weighted by molar-refractivity contribution is 5.33. The minimum Gasteiger partial charge on any atom is -0.346 e. The molecule has 0 atom stereocenters. The normalized spacial score (nSPS) is 11.4. The van der Waals surface area contributed by atoms with Gasteiger partial charge in [0.05, 0.1) is 18.2 Å². The Hall–Kier alpha value is -2.12. The molecule has 0 radical (unpaired) electrons. The molecule has 1 aromatic carbocycles. The van der Waals surface area contributed by atoms with Gasteiger partial charge in [-0.15, -0.1) is 0 Å². The molecule has 0 aliphatic heterocycles. The third-order valence-corrected chi connectivity index (χ3v) is 3.25. The highest BCUT2D eigenvalue weighted by Gasteiger charge is 2.11. The van der Waals surface area contributed by atoms with Gasteiger partial charge in [0.25, 0.3) is 0 Å². The fraction of sp³-hybridized carbons (Fsp3) is 0.353. The van der Waals surface area contributed by atoms with Crippen LogP contribution in [0.4, 0.5) is 4.39 Å². The number of halogens is 1. The Labute approximate surface area is 125 Å². The van der Waals surface area contributed by atoms with Gasteiger partial charge in [0.15, 0.2) is 0 Å². The summed E-state index contributed by atoms with van der Waals surface area (Å²) in [4.78, 5) is 0. The quantitative estimate of drug-likeness (QED) is 0.935. The smallest absolute Gasteiger partial charge is 0.129 e. The van der Waals surface area contributed by atoms with E-state index in [9.17, 15) is 4.39 Å². The Balaban J connectivity index is 2.14. The maximum atomic E-state index is 14.0. The van der Waals surface area contributed by atoms with Gasteiger partial charge in [-0.2, -0.15) is 5.26 Å². The molecule has 0 amide bonds. The van der Waals surface area contributed by atoms with Crippen LogP contribution in [0.5, 0.6) is 0 Å². The Morgan fingerprint density at radius 1 is 1.29 bits per heavy atom. The monoisotopic (exact) mass is 285 g/mol. The van der Waals surface area contributed by atoms with Crippen molar-refractivity contribution in [2.24, 2.45) is 0 Å². The van der Waals surface area contributed by atoms with E-state index in [0.29, 0.717) is 17.7 Å². The fourth-order valence-electron chi connectivity index (χ4n) is 2.05. The summed E-state index contributed by atoms with van der Waals surface area (Å²) in [5.41, 5.74) is 2.07. The average Bonchev–Trinajstić information content (AvgIpc) is 2.85. The second-order valence-electron chi connectivity index (χ2n) is 6.15. The van der Waals surface area contributed by atoms with Gasteiger partial charge in [0.1, 0.15) is 5.82 Å². The predicted molar refractivity (Wildman–Crippen MR) is 81.2 cm³/mol. The Kier molecular flexibility index (Phi) is 4.44. The minimum absolute atomic E-state index is 0.0365. The Bertz CT molecular complexity index is 659. The first-order valence-electron chi connectivity index (χ1n) is 6.96. The molecule has 0 unspecified atom stereocenters. The number of hydrogen-bond donors (Lipinski definition) is 1. The zero-order chi connectivity index (χ0) is 15.5. The van der Waals surface area contributed by atoms with Crippen molar-refractivity contribution in [2.75, 3.05) is 0 Å². The molecule has 0 spiro atoms. The maximum Gasteiger partial charge on any atom is 0.129 e. The lowest BCUT2D eigenvalue weighted by atomic mass is 10.1. The van der Waals surface area contributed by atoms with Crippen LogP contribution in [0.2, 0.25) is 0 Å². The van der Waals surface area contributed by atoms with Crippen molar-refractivity contribution in [3.63, 3.8) is 0 Å². The molecule has 3 nitrogen and oxygen atoms in total. The molecule has 0 aliphatic rings. The standard InChI is InChI=1S/C17H20FN3/c1-17(2,3)20-11-15-5-4-8-21(15)12-14-7-6-13(10-19)9-16(14)18/h4-9,20H,11-12H2,1-3H3. The first-order chi connectivity index (χ1) is 9.89. The number of aromatic nitrogens is 1. The van der Waals surface area contributed by atoms with Crippen molar-refractivity contribution < 1.29 is 4.39 Å². The molecule has 0 saturated carbocycles. The van der Waals surface area contributed by atoms with Crippen LogP contribution < -0.4 is 5.32 Å². The number of rotatable bonds is 4. The van der Waals surface area contributed by atoms with Gasteiger partial charge in [-0.25, -0.2) is 4.39 Å². The van der Waals surface area contributed by atoms with Crippen molar-refractivity contribution in [3.05, 3.63) is 59.2 Å². The summed E-state index contributed by atoms with van der Waals surface area (Å²) in [5.74, 6) is -0.336. The van der Waals surface area contributed by atoms with Gasteiger partial charge in [-0.1, -0.05) is 6.07 Å². The van der Waals surface area contributed by atoms with E-state index in [2.05, 4.69) is 26.1 Å². The third kappa shape index (κ3) is 4.17. The molecule has 1 N–H and O–H groups in total. The van der Waals surface area contributed by atoms with E-state index in [0.717, 1.165) is 12.2 Å². The summed E-state index contributed by atoms with van der Waals surface area (Å²) in [6, 6.07) is 10.5. The molecule has 4 heteroatoms. The molecule has 110 valence electrons. The Morgan fingerprint density at radius 3 is 2.67 bits per heavy atom. The van der Waals surface area contributed by atoms with E-state index >= 15 is 0 Å². The lowest BCUT2D eigenvalue weighted by Gasteiger charge is -2.21. The summed E-state index contributed by atoms with van der Waals surface area (Å²) in [6.45, 7) is 7.53. The lowest BCUT2D eigenvalue weighted by Crippen LogP contribution is -2.35. The topological polar surface area (TPSA) is 40.8 Å². The van der Waals surface area contributed by atoms with Crippen LogP contribution in [0.1, 0.15) is 37.6 Å². The molecule has 2 rings (SSSR count). The van der Waals surface area contributed by atoms with Gasteiger partial charge in [0.2, 0.25) is 0 Å². The van der Waals surface area contributed by atoms with Crippen LogP contribution in [0.15, 0.2) is 36.5 Å². The number of nitrogens with zero attached hydrogens (tertiary/aromatic N) is 2. The number of nitrogens with one attached hydrogen (secondary N) is 1. The summed E-state index contributed by atoms with van der Waals surface area (Å²) in [6.07, 6.45) is 1.94. The molecule has 1 heterocycles. The zero-order valence-corrected chi connectivity index (χ0v) is 12.7. The molecule has 0 bridgehead atoms. The van der Waals surface area contributed by atoms with E-state index in [1.54, 1.807) is 12.1 Å². The van der Waals surface area contributed by atoms with Gasteiger partial charge < -0.3 is 9.88 Å². The van der Waals surface area contributed by atoms with Crippen LogP contribution in [0, 0.1) is 17.1 Å². The van der Waals surface area contributed by atoms with Crippen LogP contribution in [-0.4, -0.2) is 10.1 Å². The summed E-state index contributed by atoms with van der Waals surface area (Å²) in [5, 5.41) is 12.2. The van der Waals surface area contributed by atoms with Crippen LogP contribution in [0.25, 0.3) is 0 Å². The SMILES string of the molecule is CC(C)(C)NCc1cccn1Cc1ccc(C#N)cc1F. The van der Waals surface area contributed by atoms with E-state index in [1.807, 2.05) is 29.0 Å². The summed E-state index contributed by atoms with van der Waals surface area (Å²) in [7, 11) is 0. The molecule has 2 aromatic rings. The fourth-order valence-corrected chi connectivity index (χ4v) is 2.05. The van der Waals surface area contributed by atoms with Crippen LogP contribution in [0.3, 0.4) is 0 Å². The van der Waals surface area contributed by atoms with Crippen molar-refractivity contribution in [2.45, 2.75) is 39.4 Å². The summed E-state index contributed by atoms with van der Waals surface area (Å²) < 4.78 is 16.0. The van der Waals surface area contributed by atoms with Gasteiger partial charge in [-0.3, -0.25) is 0 Å². The molecule has 0 aliphatic carbocycles. The second kappa shape index (κ2) is 6.11. The highest BCUT2D eigenvalue weighted by Crippen LogP contribution is 2.14. The summed E-state index contributed by atoms with van der Waals surface area (Å²) >= 11 is 0. The van der Waals surface area contributed by atoms with E-state index < -0.39 is 0 Å². The van der Waals surface area contributed by atoms with E-state index in [-0.39, 0.29) is 11.4 Å². The predicted octanol–water partition coefficient (Wildman–Crippen LogP) is 3.44. The maximum absolute atomic E-state index is 14.0. The van der Waals surface area contributed by atoms with Gasteiger partial charge in [0, 0.05) is 29.5 Å². The first-order valence-corrected chi connectivity index (χ1v) is 6.96.